The van der Waals surface area contributed by atoms with Crippen LogP contribution in [0.15, 0.2) is 42.6 Å². The number of rotatable bonds is 3. The average Bonchev–Trinajstić information content (AvgIpc) is 3.16. The summed E-state index contributed by atoms with van der Waals surface area (Å²) in [6.07, 6.45) is 1.65. The zero-order valence-electron chi connectivity index (χ0n) is 11.5. The molecule has 6 nitrogen and oxygen atoms in total. The molecule has 0 radical (unpaired) electrons. The molecule has 1 atom stereocenters. The maximum atomic E-state index is 12.0. The van der Waals surface area contributed by atoms with Crippen LogP contribution < -0.4 is 0 Å². The third-order valence-electron chi connectivity index (χ3n) is 3.71. The summed E-state index contributed by atoms with van der Waals surface area (Å²) in [5.41, 5.74) is 0.497. The number of nitrogens with one attached hydrogen (secondary N) is 1. The molecule has 0 saturated carbocycles. The van der Waals surface area contributed by atoms with Crippen molar-refractivity contribution in [1.29, 1.82) is 0 Å². The summed E-state index contributed by atoms with van der Waals surface area (Å²) < 4.78 is 5.27. The predicted octanol–water partition coefficient (Wildman–Crippen LogP) is 1.64. The first-order valence-electron chi connectivity index (χ1n) is 6.85. The monoisotopic (exact) mass is 287 g/mol. The molecule has 110 valence electrons. The molecule has 0 aliphatic carbocycles. The van der Waals surface area contributed by atoms with E-state index in [1.165, 1.54) is 4.90 Å². The van der Waals surface area contributed by atoms with E-state index in [0.29, 0.717) is 18.7 Å². The molecule has 1 aliphatic rings. The molecule has 2 aromatic rings. The van der Waals surface area contributed by atoms with Crippen LogP contribution in [0.4, 0.5) is 4.79 Å². The van der Waals surface area contributed by atoms with E-state index in [4.69, 9.17) is 4.74 Å². The Kier molecular flexibility index (Phi) is 3.62. The van der Waals surface area contributed by atoms with Gasteiger partial charge in [0, 0.05) is 19.2 Å². The van der Waals surface area contributed by atoms with Crippen molar-refractivity contribution >= 4 is 6.09 Å². The Labute approximate surface area is 122 Å². The van der Waals surface area contributed by atoms with E-state index < -0.39 is 11.7 Å². The summed E-state index contributed by atoms with van der Waals surface area (Å²) in [6, 6.07) is 11.2. The lowest BCUT2D eigenvalue weighted by molar-refractivity contribution is 0.0370. The molecule has 3 rings (SSSR count). The summed E-state index contributed by atoms with van der Waals surface area (Å²) in [4.78, 5) is 13.6. The smallest absolute Gasteiger partial charge is 0.410 e. The van der Waals surface area contributed by atoms with E-state index in [0.717, 1.165) is 5.56 Å². The van der Waals surface area contributed by atoms with E-state index >= 15 is 0 Å². The molecule has 1 aromatic carbocycles. The number of aromatic nitrogens is 2. The fourth-order valence-electron chi connectivity index (χ4n) is 2.50. The Bertz CT molecular complexity index is 600. The van der Waals surface area contributed by atoms with E-state index in [2.05, 4.69) is 10.2 Å². The highest BCUT2D eigenvalue weighted by Gasteiger charge is 2.41. The summed E-state index contributed by atoms with van der Waals surface area (Å²) >= 11 is 0. The molecular formula is C15H17N3O3. The van der Waals surface area contributed by atoms with Gasteiger partial charge < -0.3 is 14.7 Å². The lowest BCUT2D eigenvalue weighted by Gasteiger charge is -2.21. The molecule has 2 N–H and O–H groups in total. The minimum atomic E-state index is -1.07. The van der Waals surface area contributed by atoms with Gasteiger partial charge in [-0.05, 0) is 11.6 Å². The Morgan fingerprint density at radius 1 is 1.38 bits per heavy atom. The number of H-pyrrole nitrogens is 1. The minimum Gasteiger partial charge on any atom is -0.445 e. The number of carbonyl (C=O) groups excluding carboxylic acids is 1. The second kappa shape index (κ2) is 5.57. The summed E-state index contributed by atoms with van der Waals surface area (Å²) in [5.74, 6) is 0. The highest BCUT2D eigenvalue weighted by Crippen LogP contribution is 2.30. The fourth-order valence-corrected chi connectivity index (χ4v) is 2.50. The summed E-state index contributed by atoms with van der Waals surface area (Å²) in [5, 5.41) is 17.1. The van der Waals surface area contributed by atoms with Crippen LogP contribution in [0.2, 0.25) is 0 Å². The Hall–Kier alpha value is -2.34. The van der Waals surface area contributed by atoms with Crippen LogP contribution >= 0.6 is 0 Å². The molecule has 1 amide bonds. The van der Waals surface area contributed by atoms with Gasteiger partial charge in [-0.1, -0.05) is 30.3 Å². The molecule has 0 bridgehead atoms. The minimum absolute atomic E-state index is 0.211. The zero-order valence-corrected chi connectivity index (χ0v) is 11.5. The topological polar surface area (TPSA) is 78.4 Å². The average molecular weight is 287 g/mol. The van der Waals surface area contributed by atoms with Crippen molar-refractivity contribution < 1.29 is 14.6 Å². The number of likely N-dealkylation sites (tertiary alicyclic amines) is 1. The van der Waals surface area contributed by atoms with Crippen molar-refractivity contribution in [3.05, 3.63) is 53.9 Å². The molecular weight excluding hydrogens is 270 g/mol. The van der Waals surface area contributed by atoms with E-state index in [9.17, 15) is 9.90 Å². The van der Waals surface area contributed by atoms with Gasteiger partial charge in [0.15, 0.2) is 0 Å². The zero-order chi connectivity index (χ0) is 14.7. The standard InChI is InChI=1S/C15H17N3O3/c19-14(21-10-12-4-2-1-3-5-12)18-9-7-15(20,11-18)13-6-8-16-17-13/h1-6,8,20H,7,9-11H2,(H,16,17). The molecule has 6 heteroatoms. The number of hydrogen-bond donors (Lipinski definition) is 2. The third-order valence-corrected chi connectivity index (χ3v) is 3.71. The van der Waals surface area contributed by atoms with Gasteiger partial charge in [0.05, 0.1) is 12.2 Å². The lowest BCUT2D eigenvalue weighted by atomic mass is 9.99. The first-order chi connectivity index (χ1) is 10.2. The van der Waals surface area contributed by atoms with Crippen molar-refractivity contribution in [2.24, 2.45) is 0 Å². The number of carbonyl (C=O) groups is 1. The number of aliphatic hydroxyl groups is 1. The van der Waals surface area contributed by atoms with E-state index in [-0.39, 0.29) is 13.2 Å². The van der Waals surface area contributed by atoms with E-state index in [1.807, 2.05) is 30.3 Å². The lowest BCUT2D eigenvalue weighted by Crippen LogP contribution is -2.35. The van der Waals surface area contributed by atoms with Gasteiger partial charge >= 0.3 is 6.09 Å². The summed E-state index contributed by atoms with van der Waals surface area (Å²) in [6.45, 7) is 0.907. The molecule has 1 aliphatic heterocycles. The fraction of sp³-hybridized carbons (Fsp3) is 0.333. The molecule has 2 heterocycles. The van der Waals surface area contributed by atoms with Crippen LogP contribution in [0.1, 0.15) is 17.7 Å². The van der Waals surface area contributed by atoms with Crippen molar-refractivity contribution in [2.45, 2.75) is 18.6 Å². The quantitative estimate of drug-likeness (QED) is 0.899. The van der Waals surface area contributed by atoms with Gasteiger partial charge in [-0.15, -0.1) is 0 Å². The predicted molar refractivity (Wildman–Crippen MR) is 75.3 cm³/mol. The van der Waals surface area contributed by atoms with Crippen LogP contribution in [0.25, 0.3) is 0 Å². The first-order valence-corrected chi connectivity index (χ1v) is 6.85. The number of ether oxygens (including phenoxy) is 1. The van der Waals surface area contributed by atoms with Crippen molar-refractivity contribution in [3.63, 3.8) is 0 Å². The van der Waals surface area contributed by atoms with Gasteiger partial charge in [0.1, 0.15) is 12.2 Å². The van der Waals surface area contributed by atoms with Gasteiger partial charge in [-0.25, -0.2) is 4.79 Å². The molecule has 1 fully saturated rings. The molecule has 21 heavy (non-hydrogen) atoms. The Morgan fingerprint density at radius 2 is 2.19 bits per heavy atom. The van der Waals surface area contributed by atoms with Crippen molar-refractivity contribution in [1.82, 2.24) is 15.1 Å². The van der Waals surface area contributed by atoms with Gasteiger partial charge in [0.25, 0.3) is 0 Å². The van der Waals surface area contributed by atoms with Crippen LogP contribution in [-0.4, -0.2) is 39.4 Å². The highest BCUT2D eigenvalue weighted by atomic mass is 16.6. The molecule has 1 unspecified atom stereocenters. The third kappa shape index (κ3) is 2.90. The summed E-state index contributed by atoms with van der Waals surface area (Å²) in [7, 11) is 0. The van der Waals surface area contributed by atoms with Crippen molar-refractivity contribution in [2.75, 3.05) is 13.1 Å². The Morgan fingerprint density at radius 3 is 2.90 bits per heavy atom. The number of aromatic amines is 1. The van der Waals surface area contributed by atoms with Crippen LogP contribution in [-0.2, 0) is 16.9 Å². The van der Waals surface area contributed by atoms with Crippen LogP contribution in [0.5, 0.6) is 0 Å². The number of nitrogens with zero attached hydrogens (tertiary/aromatic N) is 2. The van der Waals surface area contributed by atoms with E-state index in [1.54, 1.807) is 12.3 Å². The SMILES string of the molecule is O=C(OCc1ccccc1)N1CCC(O)(c2ccn[nH]2)C1. The largest absolute Gasteiger partial charge is 0.445 e. The van der Waals surface area contributed by atoms with Gasteiger partial charge in [0.2, 0.25) is 0 Å². The highest BCUT2D eigenvalue weighted by molar-refractivity contribution is 5.68. The number of hydrogen-bond acceptors (Lipinski definition) is 4. The first kappa shape index (κ1) is 13.6. The maximum Gasteiger partial charge on any atom is 0.410 e. The molecule has 1 saturated heterocycles. The van der Waals surface area contributed by atoms with Gasteiger partial charge in [-0.3, -0.25) is 5.10 Å². The molecule has 0 spiro atoms. The Balaban J connectivity index is 1.57. The number of amides is 1. The normalized spacial score (nSPS) is 21.5. The second-order valence-electron chi connectivity index (χ2n) is 5.21. The van der Waals surface area contributed by atoms with Crippen LogP contribution in [0, 0.1) is 0 Å². The van der Waals surface area contributed by atoms with Crippen LogP contribution in [0.3, 0.4) is 0 Å². The molecule has 1 aromatic heterocycles. The second-order valence-corrected chi connectivity index (χ2v) is 5.21. The number of benzene rings is 1. The number of β-amino-alcohol motifs (C(OH)–C–C–N with tert-alkyl or cyclic N) is 1. The van der Waals surface area contributed by atoms with Crippen molar-refractivity contribution in [3.8, 4) is 0 Å². The van der Waals surface area contributed by atoms with Gasteiger partial charge in [-0.2, -0.15) is 5.10 Å². The maximum absolute atomic E-state index is 12.0.